The lowest BCUT2D eigenvalue weighted by molar-refractivity contribution is -0.125. The van der Waals surface area contributed by atoms with Crippen LogP contribution in [0, 0.1) is 0 Å². The van der Waals surface area contributed by atoms with Crippen LogP contribution in [0.3, 0.4) is 0 Å². The van der Waals surface area contributed by atoms with Gasteiger partial charge >= 0.3 is 0 Å². The number of nitrogens with zero attached hydrogens (tertiary/aromatic N) is 1. The molecule has 2 rings (SSSR count). The fourth-order valence-corrected chi connectivity index (χ4v) is 2.89. The molecule has 6 heteroatoms. The highest BCUT2D eigenvalue weighted by molar-refractivity contribution is 8.00. The number of carbonyl (C=O) groups is 2. The molecule has 0 atom stereocenters. The van der Waals surface area contributed by atoms with Gasteiger partial charge in [0.05, 0.1) is 17.9 Å². The fourth-order valence-electron chi connectivity index (χ4n) is 1.86. The van der Waals surface area contributed by atoms with Crippen LogP contribution in [0.5, 0.6) is 0 Å². The van der Waals surface area contributed by atoms with Crippen molar-refractivity contribution in [2.24, 2.45) is 0 Å². The van der Waals surface area contributed by atoms with Crippen LogP contribution in [0.4, 0.5) is 0 Å². The van der Waals surface area contributed by atoms with Crippen molar-refractivity contribution in [3.8, 4) is 0 Å². The lowest BCUT2D eigenvalue weighted by atomic mass is 10.2. The van der Waals surface area contributed by atoms with E-state index in [0.29, 0.717) is 12.2 Å². The molecule has 0 aliphatic rings. The van der Waals surface area contributed by atoms with Crippen molar-refractivity contribution in [1.82, 2.24) is 10.4 Å². The molecule has 2 aromatic carbocycles. The third-order valence-electron chi connectivity index (χ3n) is 3.23. The van der Waals surface area contributed by atoms with E-state index in [1.165, 1.54) is 16.7 Å². The predicted octanol–water partition coefficient (Wildman–Crippen LogP) is 2.73. The zero-order chi connectivity index (χ0) is 17.4. The minimum Gasteiger partial charge on any atom is -0.348 e. The van der Waals surface area contributed by atoms with E-state index in [2.05, 4.69) is 5.48 Å². The second-order valence-electron chi connectivity index (χ2n) is 5.28. The largest absolute Gasteiger partial charge is 0.348 e. The van der Waals surface area contributed by atoms with Crippen LogP contribution in [0.15, 0.2) is 59.5 Å². The van der Waals surface area contributed by atoms with Crippen molar-refractivity contribution in [3.63, 3.8) is 0 Å². The van der Waals surface area contributed by atoms with Gasteiger partial charge in [-0.15, -0.1) is 11.8 Å². The molecule has 0 spiro atoms. The van der Waals surface area contributed by atoms with Gasteiger partial charge in [-0.2, -0.15) is 0 Å². The summed E-state index contributed by atoms with van der Waals surface area (Å²) in [6.07, 6.45) is 0. The van der Waals surface area contributed by atoms with Gasteiger partial charge < -0.3 is 4.90 Å². The Bertz CT molecular complexity index is 690. The highest BCUT2D eigenvalue weighted by atomic mass is 32.2. The molecule has 1 N–H and O–H groups in total. The van der Waals surface area contributed by atoms with E-state index in [-0.39, 0.29) is 17.6 Å². The SMILES string of the molecule is CN(C)C(=O)CSc1ccccc1C(=O)NOCc1ccccc1. The smallest absolute Gasteiger partial charge is 0.275 e. The molecule has 0 bridgehead atoms. The minimum absolute atomic E-state index is 0.00413. The van der Waals surface area contributed by atoms with Crippen LogP contribution in [0.1, 0.15) is 15.9 Å². The minimum atomic E-state index is -0.327. The van der Waals surface area contributed by atoms with Gasteiger partial charge in [0.1, 0.15) is 0 Å². The van der Waals surface area contributed by atoms with Gasteiger partial charge in [-0.1, -0.05) is 42.5 Å². The molecule has 0 unspecified atom stereocenters. The van der Waals surface area contributed by atoms with Gasteiger partial charge in [0, 0.05) is 19.0 Å². The lowest BCUT2D eigenvalue weighted by Gasteiger charge is -2.12. The first kappa shape index (κ1) is 18.0. The number of benzene rings is 2. The molecule has 0 saturated carbocycles. The van der Waals surface area contributed by atoms with Crippen molar-refractivity contribution in [3.05, 3.63) is 65.7 Å². The number of carbonyl (C=O) groups excluding carboxylic acids is 2. The van der Waals surface area contributed by atoms with Gasteiger partial charge in [-0.3, -0.25) is 14.4 Å². The predicted molar refractivity (Wildman–Crippen MR) is 94.6 cm³/mol. The Kier molecular flexibility index (Phi) is 6.84. The second-order valence-corrected chi connectivity index (χ2v) is 6.30. The van der Waals surface area contributed by atoms with Crippen LogP contribution in [-0.4, -0.2) is 36.6 Å². The molecule has 0 radical (unpaired) electrons. The Labute approximate surface area is 146 Å². The topological polar surface area (TPSA) is 58.6 Å². The normalized spacial score (nSPS) is 10.2. The number of thioether (sulfide) groups is 1. The summed E-state index contributed by atoms with van der Waals surface area (Å²) >= 11 is 1.33. The van der Waals surface area contributed by atoms with E-state index < -0.39 is 0 Å². The summed E-state index contributed by atoms with van der Waals surface area (Å²) in [4.78, 5) is 31.5. The van der Waals surface area contributed by atoms with Crippen LogP contribution in [0.2, 0.25) is 0 Å². The van der Waals surface area contributed by atoms with Gasteiger partial charge in [0.15, 0.2) is 0 Å². The highest BCUT2D eigenvalue weighted by Gasteiger charge is 2.13. The van der Waals surface area contributed by atoms with Crippen LogP contribution < -0.4 is 5.48 Å². The van der Waals surface area contributed by atoms with Crippen molar-refractivity contribution in [1.29, 1.82) is 0 Å². The van der Waals surface area contributed by atoms with Crippen LogP contribution in [0.25, 0.3) is 0 Å². The zero-order valence-electron chi connectivity index (χ0n) is 13.7. The van der Waals surface area contributed by atoms with Crippen LogP contribution >= 0.6 is 11.8 Å². The Hall–Kier alpha value is -2.31. The number of rotatable bonds is 7. The van der Waals surface area contributed by atoms with E-state index in [1.807, 2.05) is 42.5 Å². The number of hydrogen-bond acceptors (Lipinski definition) is 4. The van der Waals surface area contributed by atoms with E-state index in [4.69, 9.17) is 4.84 Å². The average Bonchev–Trinajstić information content (AvgIpc) is 2.60. The van der Waals surface area contributed by atoms with Gasteiger partial charge in [-0.05, 0) is 17.7 Å². The molecule has 0 aromatic heterocycles. The van der Waals surface area contributed by atoms with Gasteiger partial charge in [-0.25, -0.2) is 5.48 Å². The molecule has 126 valence electrons. The summed E-state index contributed by atoms with van der Waals surface area (Å²) in [5, 5.41) is 0. The molecule has 2 amide bonds. The molecule has 24 heavy (non-hydrogen) atoms. The van der Waals surface area contributed by atoms with E-state index in [9.17, 15) is 9.59 Å². The summed E-state index contributed by atoms with van der Waals surface area (Å²) in [5.41, 5.74) is 3.91. The quantitative estimate of drug-likeness (QED) is 0.620. The summed E-state index contributed by atoms with van der Waals surface area (Å²) in [5.74, 6) is -0.0517. The van der Waals surface area contributed by atoms with Gasteiger partial charge in [0.25, 0.3) is 5.91 Å². The van der Waals surface area contributed by atoms with E-state index in [1.54, 1.807) is 26.2 Å². The molecule has 0 aliphatic heterocycles. The second kappa shape index (κ2) is 9.10. The van der Waals surface area contributed by atoms with Crippen LogP contribution in [-0.2, 0) is 16.2 Å². The molecule has 0 fully saturated rings. The average molecular weight is 344 g/mol. The molecule has 0 aliphatic carbocycles. The van der Waals surface area contributed by atoms with Crippen molar-refractivity contribution < 1.29 is 14.4 Å². The summed E-state index contributed by atoms with van der Waals surface area (Å²) in [7, 11) is 3.41. The molecule has 0 heterocycles. The molecule has 5 nitrogen and oxygen atoms in total. The maximum absolute atomic E-state index is 12.3. The number of hydrogen-bond donors (Lipinski definition) is 1. The molecular weight excluding hydrogens is 324 g/mol. The first-order valence-electron chi connectivity index (χ1n) is 7.46. The first-order valence-corrected chi connectivity index (χ1v) is 8.44. The maximum Gasteiger partial charge on any atom is 0.275 e. The third kappa shape index (κ3) is 5.40. The van der Waals surface area contributed by atoms with Crippen molar-refractivity contribution >= 4 is 23.6 Å². The lowest BCUT2D eigenvalue weighted by Crippen LogP contribution is -2.25. The molecule has 2 aromatic rings. The van der Waals surface area contributed by atoms with E-state index >= 15 is 0 Å². The monoisotopic (exact) mass is 344 g/mol. The standard InChI is InChI=1S/C18H20N2O3S/c1-20(2)17(21)13-24-16-11-7-6-10-15(16)18(22)19-23-12-14-8-4-3-5-9-14/h3-11H,12-13H2,1-2H3,(H,19,22). The summed E-state index contributed by atoms with van der Waals surface area (Å²) in [6.45, 7) is 0.293. The number of nitrogens with one attached hydrogen (secondary N) is 1. The van der Waals surface area contributed by atoms with E-state index in [0.717, 1.165) is 10.5 Å². The first-order chi connectivity index (χ1) is 11.6. The Morgan fingerprint density at radius 3 is 2.42 bits per heavy atom. The Morgan fingerprint density at radius 2 is 1.71 bits per heavy atom. The Balaban J connectivity index is 1.92. The Morgan fingerprint density at radius 1 is 1.04 bits per heavy atom. The van der Waals surface area contributed by atoms with Crippen molar-refractivity contribution in [2.75, 3.05) is 19.8 Å². The summed E-state index contributed by atoms with van der Waals surface area (Å²) < 4.78 is 0. The van der Waals surface area contributed by atoms with Gasteiger partial charge in [0.2, 0.25) is 5.91 Å². The fraction of sp³-hybridized carbons (Fsp3) is 0.222. The summed E-state index contributed by atoms with van der Waals surface area (Å²) in [6, 6.07) is 16.7. The molecule has 0 saturated heterocycles. The highest BCUT2D eigenvalue weighted by Crippen LogP contribution is 2.22. The van der Waals surface area contributed by atoms with Crippen molar-refractivity contribution in [2.45, 2.75) is 11.5 Å². The number of hydroxylamine groups is 1. The molecular formula is C18H20N2O3S. The maximum atomic E-state index is 12.3. The zero-order valence-corrected chi connectivity index (χ0v) is 14.5. The third-order valence-corrected chi connectivity index (χ3v) is 4.29. The number of amides is 2.